The van der Waals surface area contributed by atoms with Gasteiger partial charge in [0.2, 0.25) is 10.0 Å². The maximum Gasteiger partial charge on any atom is 0.254 e. The molecule has 1 aliphatic heterocycles. The first-order chi connectivity index (χ1) is 15.8. The van der Waals surface area contributed by atoms with Gasteiger partial charge in [-0.05, 0) is 30.8 Å². The summed E-state index contributed by atoms with van der Waals surface area (Å²) >= 11 is 0. The number of halogens is 1. The molecule has 0 saturated carbocycles. The zero-order valence-corrected chi connectivity index (χ0v) is 20.3. The molecule has 0 aromatic heterocycles. The molecule has 3 rings (SSSR count). The highest BCUT2D eigenvalue weighted by molar-refractivity contribution is 7.89. The van der Waals surface area contributed by atoms with Crippen LogP contribution in [0.1, 0.15) is 35.8 Å². The van der Waals surface area contributed by atoms with Gasteiger partial charge in [0.05, 0.1) is 16.5 Å². The van der Waals surface area contributed by atoms with Crippen molar-refractivity contribution in [2.75, 3.05) is 52.9 Å². The predicted octanol–water partition coefficient (Wildman–Crippen LogP) is 2.57. The van der Waals surface area contributed by atoms with Crippen molar-refractivity contribution < 1.29 is 17.6 Å². The van der Waals surface area contributed by atoms with Gasteiger partial charge in [0, 0.05) is 45.8 Å². The van der Waals surface area contributed by atoms with Crippen LogP contribution in [-0.2, 0) is 10.0 Å². The number of hydrogen-bond acceptors (Lipinski definition) is 5. The molecule has 9 heteroatoms. The minimum atomic E-state index is -3.81. The molecule has 1 saturated heterocycles. The first kappa shape index (κ1) is 25.3. The molecular formula is C24H33FN4O3S. The Labute approximate surface area is 196 Å². The molecule has 1 heterocycles. The van der Waals surface area contributed by atoms with Crippen LogP contribution in [-0.4, -0.2) is 81.3 Å². The van der Waals surface area contributed by atoms with Crippen LogP contribution in [0.4, 0.5) is 4.39 Å². The lowest BCUT2D eigenvalue weighted by Crippen LogP contribution is -2.47. The van der Waals surface area contributed by atoms with E-state index in [4.69, 9.17) is 0 Å². The summed E-state index contributed by atoms with van der Waals surface area (Å²) in [5.41, 5.74) is 0.639. The Bertz CT molecular complexity index is 1040. The molecule has 1 amide bonds. The van der Waals surface area contributed by atoms with E-state index < -0.39 is 21.7 Å². The molecule has 1 N–H and O–H groups in total. The van der Waals surface area contributed by atoms with Gasteiger partial charge in [-0.3, -0.25) is 9.69 Å². The molecular weight excluding hydrogens is 443 g/mol. The molecule has 2 aromatic carbocycles. The number of sulfonamides is 1. The Morgan fingerprint density at radius 1 is 1.06 bits per heavy atom. The van der Waals surface area contributed by atoms with E-state index in [1.807, 2.05) is 30.3 Å². The van der Waals surface area contributed by atoms with Gasteiger partial charge in [0.15, 0.2) is 0 Å². The summed E-state index contributed by atoms with van der Waals surface area (Å²) in [4.78, 5) is 17.6. The van der Waals surface area contributed by atoms with Crippen LogP contribution < -0.4 is 5.32 Å². The van der Waals surface area contributed by atoms with Crippen LogP contribution in [0.2, 0.25) is 0 Å². The minimum Gasteiger partial charge on any atom is -0.344 e. The Hall–Kier alpha value is -2.33. The summed E-state index contributed by atoms with van der Waals surface area (Å²) in [6.07, 6.45) is 0. The number of hydrogen-bond donors (Lipinski definition) is 1. The average Bonchev–Trinajstić information content (AvgIpc) is 2.81. The second-order valence-electron chi connectivity index (χ2n) is 8.27. The quantitative estimate of drug-likeness (QED) is 0.602. The van der Waals surface area contributed by atoms with E-state index in [0.29, 0.717) is 19.6 Å². The van der Waals surface area contributed by atoms with Gasteiger partial charge in [-0.2, -0.15) is 4.31 Å². The van der Waals surface area contributed by atoms with Gasteiger partial charge in [-0.1, -0.05) is 44.2 Å². The van der Waals surface area contributed by atoms with E-state index >= 15 is 0 Å². The molecule has 1 aliphatic rings. The number of rotatable bonds is 9. The predicted molar refractivity (Wildman–Crippen MR) is 127 cm³/mol. The smallest absolute Gasteiger partial charge is 0.254 e. The van der Waals surface area contributed by atoms with Crippen molar-refractivity contribution in [3.8, 4) is 0 Å². The van der Waals surface area contributed by atoms with Crippen molar-refractivity contribution in [1.82, 2.24) is 19.4 Å². The number of amides is 1. The van der Waals surface area contributed by atoms with Crippen molar-refractivity contribution in [1.29, 1.82) is 0 Å². The zero-order chi connectivity index (χ0) is 24.0. The van der Waals surface area contributed by atoms with E-state index in [2.05, 4.69) is 22.2 Å². The Kier molecular flexibility index (Phi) is 8.58. The molecule has 1 atom stereocenters. The van der Waals surface area contributed by atoms with Gasteiger partial charge < -0.3 is 10.2 Å². The summed E-state index contributed by atoms with van der Waals surface area (Å²) in [5.74, 6) is -1.38. The van der Waals surface area contributed by atoms with E-state index in [-0.39, 0.29) is 16.5 Å². The lowest BCUT2D eigenvalue weighted by Gasteiger charge is -2.35. The number of benzene rings is 2. The number of nitrogens with one attached hydrogen (secondary N) is 1. The zero-order valence-electron chi connectivity index (χ0n) is 19.5. The molecule has 1 fully saturated rings. The third kappa shape index (κ3) is 6.17. The lowest BCUT2D eigenvalue weighted by atomic mass is 10.0. The highest BCUT2D eigenvalue weighted by atomic mass is 32.2. The number of carbonyl (C=O) groups is 1. The number of likely N-dealkylation sites (N-methyl/N-ethyl adjacent to an activating group) is 1. The Balaban J connectivity index is 1.86. The van der Waals surface area contributed by atoms with Crippen LogP contribution in [0.5, 0.6) is 0 Å². The van der Waals surface area contributed by atoms with Crippen molar-refractivity contribution in [3.05, 3.63) is 65.5 Å². The van der Waals surface area contributed by atoms with Gasteiger partial charge in [-0.25, -0.2) is 12.8 Å². The highest BCUT2D eigenvalue weighted by Gasteiger charge is 2.26. The topological polar surface area (TPSA) is 73.0 Å². The maximum atomic E-state index is 14.6. The van der Waals surface area contributed by atoms with Gasteiger partial charge >= 0.3 is 0 Å². The Morgan fingerprint density at radius 2 is 1.70 bits per heavy atom. The third-order valence-corrected chi connectivity index (χ3v) is 8.12. The molecule has 180 valence electrons. The molecule has 0 radical (unpaired) electrons. The van der Waals surface area contributed by atoms with Gasteiger partial charge in [0.1, 0.15) is 5.82 Å². The highest BCUT2D eigenvalue weighted by Crippen LogP contribution is 2.21. The first-order valence-corrected chi connectivity index (χ1v) is 12.8. The minimum absolute atomic E-state index is 0.0897. The molecule has 1 unspecified atom stereocenters. The summed E-state index contributed by atoms with van der Waals surface area (Å²) in [6.45, 7) is 8.27. The lowest BCUT2D eigenvalue weighted by molar-refractivity contribution is 0.0903. The van der Waals surface area contributed by atoms with Crippen molar-refractivity contribution in [2.24, 2.45) is 0 Å². The fourth-order valence-corrected chi connectivity index (χ4v) is 5.48. The van der Waals surface area contributed by atoms with E-state index in [1.165, 1.54) is 10.4 Å². The van der Waals surface area contributed by atoms with E-state index in [9.17, 15) is 17.6 Å². The standard InChI is InChI=1S/C24H33FN4O3S/c1-4-29(5-2)33(31,32)20-11-12-22(25)21(17-20)24(30)26-23(19-9-7-6-8-10-19)18-28-15-13-27(3)14-16-28/h6-12,17,23H,4-5,13-16,18H2,1-3H3,(H,26,30). The normalized spacial score (nSPS) is 16.6. The van der Waals surface area contributed by atoms with Crippen LogP contribution in [0.25, 0.3) is 0 Å². The SMILES string of the molecule is CCN(CC)S(=O)(=O)c1ccc(F)c(C(=O)NC(CN2CCN(C)CC2)c2ccccc2)c1. The van der Waals surface area contributed by atoms with Crippen molar-refractivity contribution >= 4 is 15.9 Å². The third-order valence-electron chi connectivity index (χ3n) is 6.07. The summed E-state index contributed by atoms with van der Waals surface area (Å²) in [7, 11) is -1.73. The molecule has 0 spiro atoms. The summed E-state index contributed by atoms with van der Waals surface area (Å²) < 4.78 is 41.7. The average molecular weight is 477 g/mol. The Morgan fingerprint density at radius 3 is 2.30 bits per heavy atom. The molecule has 0 aliphatic carbocycles. The van der Waals surface area contributed by atoms with E-state index in [0.717, 1.165) is 43.9 Å². The first-order valence-electron chi connectivity index (χ1n) is 11.3. The van der Waals surface area contributed by atoms with Crippen molar-refractivity contribution in [3.63, 3.8) is 0 Å². The monoisotopic (exact) mass is 476 g/mol. The van der Waals surface area contributed by atoms with Crippen LogP contribution in [0.15, 0.2) is 53.4 Å². The second-order valence-corrected chi connectivity index (χ2v) is 10.2. The molecule has 7 nitrogen and oxygen atoms in total. The number of piperazine rings is 1. The van der Waals surface area contributed by atoms with Gasteiger partial charge in [0.25, 0.3) is 5.91 Å². The van der Waals surface area contributed by atoms with Crippen LogP contribution in [0, 0.1) is 5.82 Å². The molecule has 0 bridgehead atoms. The fraction of sp³-hybridized carbons (Fsp3) is 0.458. The van der Waals surface area contributed by atoms with Crippen molar-refractivity contribution in [2.45, 2.75) is 24.8 Å². The van der Waals surface area contributed by atoms with Crippen LogP contribution >= 0.6 is 0 Å². The largest absolute Gasteiger partial charge is 0.344 e. The summed E-state index contributed by atoms with van der Waals surface area (Å²) in [5, 5.41) is 2.94. The second kappa shape index (κ2) is 11.2. The van der Waals surface area contributed by atoms with Crippen LogP contribution in [0.3, 0.4) is 0 Å². The number of carbonyl (C=O) groups excluding carboxylic acids is 1. The molecule has 2 aromatic rings. The summed E-state index contributed by atoms with van der Waals surface area (Å²) in [6, 6.07) is 12.6. The van der Waals surface area contributed by atoms with E-state index in [1.54, 1.807) is 13.8 Å². The van der Waals surface area contributed by atoms with Gasteiger partial charge in [-0.15, -0.1) is 0 Å². The fourth-order valence-electron chi connectivity index (χ4n) is 4.00. The molecule has 33 heavy (non-hydrogen) atoms. The maximum absolute atomic E-state index is 14.6. The number of nitrogens with zero attached hydrogens (tertiary/aromatic N) is 3.